The minimum absolute atomic E-state index is 1.01. The SMILES string of the molecule is c1cnc2ccc(-c3ccc(-c4nc5ccccc5c5c6ccccc6c6ccccc6c45)cc3)cc2c1. The molecular formula is C36H22N2. The first-order valence-corrected chi connectivity index (χ1v) is 12.9. The summed E-state index contributed by atoms with van der Waals surface area (Å²) in [6, 6.07) is 45.4. The molecule has 0 radical (unpaired) electrons. The van der Waals surface area contributed by atoms with Gasteiger partial charge in [0, 0.05) is 33.3 Å². The van der Waals surface area contributed by atoms with E-state index in [2.05, 4.69) is 126 Å². The van der Waals surface area contributed by atoms with Crippen molar-refractivity contribution >= 4 is 54.1 Å². The van der Waals surface area contributed by atoms with Crippen LogP contribution in [0.3, 0.4) is 0 Å². The highest BCUT2D eigenvalue weighted by Gasteiger charge is 2.17. The topological polar surface area (TPSA) is 25.8 Å². The standard InChI is InChI=1S/C36H22N2/c1-3-11-29-27(9-1)28-10-2-4-12-30(28)35-34(29)31-13-5-6-14-33(31)38-36(35)24-17-15-23(16-18-24)25-19-20-32-26(22-25)8-7-21-37-32/h1-22H. The first kappa shape index (κ1) is 21.0. The third-order valence-corrected chi connectivity index (χ3v) is 7.67. The molecule has 176 valence electrons. The van der Waals surface area contributed by atoms with Crippen molar-refractivity contribution in [1.82, 2.24) is 9.97 Å². The van der Waals surface area contributed by atoms with Gasteiger partial charge < -0.3 is 0 Å². The van der Waals surface area contributed by atoms with Gasteiger partial charge in [-0.3, -0.25) is 4.98 Å². The molecule has 0 unspecified atom stereocenters. The van der Waals surface area contributed by atoms with E-state index < -0.39 is 0 Å². The second-order valence-electron chi connectivity index (χ2n) is 9.81. The van der Waals surface area contributed by atoms with Gasteiger partial charge in [-0.25, -0.2) is 4.98 Å². The fourth-order valence-corrected chi connectivity index (χ4v) is 5.91. The van der Waals surface area contributed by atoms with Crippen LogP contribution in [0.4, 0.5) is 0 Å². The minimum atomic E-state index is 1.01. The number of para-hydroxylation sites is 1. The minimum Gasteiger partial charge on any atom is -0.256 e. The predicted molar refractivity (Wildman–Crippen MR) is 160 cm³/mol. The molecule has 0 saturated carbocycles. The number of aromatic nitrogens is 2. The lowest BCUT2D eigenvalue weighted by Gasteiger charge is -2.16. The molecule has 0 aliphatic heterocycles. The molecule has 8 aromatic rings. The summed E-state index contributed by atoms with van der Waals surface area (Å²) in [6.45, 7) is 0. The number of pyridine rings is 2. The molecule has 8 rings (SSSR count). The van der Waals surface area contributed by atoms with E-state index in [0.29, 0.717) is 0 Å². The number of fused-ring (bicyclic) bond motifs is 9. The molecule has 0 spiro atoms. The van der Waals surface area contributed by atoms with Crippen LogP contribution < -0.4 is 0 Å². The third kappa shape index (κ3) is 3.14. The van der Waals surface area contributed by atoms with Crippen LogP contribution >= 0.6 is 0 Å². The van der Waals surface area contributed by atoms with Crippen LogP contribution in [0.15, 0.2) is 134 Å². The van der Waals surface area contributed by atoms with Gasteiger partial charge in [-0.2, -0.15) is 0 Å². The van der Waals surface area contributed by atoms with Crippen LogP contribution in [-0.2, 0) is 0 Å². The quantitative estimate of drug-likeness (QED) is 0.229. The van der Waals surface area contributed by atoms with E-state index in [-0.39, 0.29) is 0 Å². The van der Waals surface area contributed by atoms with Gasteiger partial charge >= 0.3 is 0 Å². The summed E-state index contributed by atoms with van der Waals surface area (Å²) in [5.41, 5.74) is 6.53. The van der Waals surface area contributed by atoms with E-state index in [4.69, 9.17) is 4.98 Å². The van der Waals surface area contributed by atoms with E-state index in [1.165, 1.54) is 48.8 Å². The largest absolute Gasteiger partial charge is 0.256 e. The van der Waals surface area contributed by atoms with Crippen LogP contribution in [0.2, 0.25) is 0 Å². The number of hydrogen-bond acceptors (Lipinski definition) is 2. The van der Waals surface area contributed by atoms with Crippen molar-refractivity contribution in [2.24, 2.45) is 0 Å². The summed E-state index contributed by atoms with van der Waals surface area (Å²) in [4.78, 5) is 9.73. The van der Waals surface area contributed by atoms with E-state index in [0.717, 1.165) is 27.7 Å². The molecule has 0 atom stereocenters. The molecule has 2 aromatic heterocycles. The molecule has 38 heavy (non-hydrogen) atoms. The first-order valence-electron chi connectivity index (χ1n) is 12.9. The molecular weight excluding hydrogens is 460 g/mol. The maximum absolute atomic E-state index is 5.27. The van der Waals surface area contributed by atoms with Gasteiger partial charge in [-0.15, -0.1) is 0 Å². The zero-order chi connectivity index (χ0) is 25.1. The molecule has 0 N–H and O–H groups in total. The molecule has 0 aliphatic carbocycles. The maximum atomic E-state index is 5.27. The van der Waals surface area contributed by atoms with Gasteiger partial charge in [0.15, 0.2) is 0 Å². The van der Waals surface area contributed by atoms with Crippen molar-refractivity contribution in [3.8, 4) is 22.4 Å². The molecule has 6 aromatic carbocycles. The fraction of sp³-hybridized carbons (Fsp3) is 0. The Balaban J connectivity index is 1.42. The van der Waals surface area contributed by atoms with Gasteiger partial charge in [0.25, 0.3) is 0 Å². The summed E-state index contributed by atoms with van der Waals surface area (Å²) in [6.07, 6.45) is 1.84. The number of benzene rings is 6. The van der Waals surface area contributed by atoms with Gasteiger partial charge in [-0.05, 0) is 56.9 Å². The Labute approximate surface area is 219 Å². The lowest BCUT2D eigenvalue weighted by molar-refractivity contribution is 1.41. The molecule has 2 nitrogen and oxygen atoms in total. The fourth-order valence-electron chi connectivity index (χ4n) is 5.91. The molecule has 0 amide bonds. The van der Waals surface area contributed by atoms with E-state index in [1.807, 2.05) is 12.3 Å². The molecule has 2 heteroatoms. The van der Waals surface area contributed by atoms with Crippen molar-refractivity contribution in [2.45, 2.75) is 0 Å². The number of hydrogen-bond donors (Lipinski definition) is 0. The van der Waals surface area contributed by atoms with Crippen molar-refractivity contribution in [2.75, 3.05) is 0 Å². The van der Waals surface area contributed by atoms with Gasteiger partial charge in [0.1, 0.15) is 0 Å². The number of nitrogens with zero attached hydrogens (tertiary/aromatic N) is 2. The Morgan fingerprint density at radius 1 is 0.395 bits per heavy atom. The molecule has 2 heterocycles. The van der Waals surface area contributed by atoms with Crippen LogP contribution in [0.5, 0.6) is 0 Å². The van der Waals surface area contributed by atoms with Crippen LogP contribution in [-0.4, -0.2) is 9.97 Å². The summed E-state index contributed by atoms with van der Waals surface area (Å²) in [5.74, 6) is 0. The predicted octanol–water partition coefficient (Wildman–Crippen LogP) is 9.58. The van der Waals surface area contributed by atoms with Crippen molar-refractivity contribution in [3.63, 3.8) is 0 Å². The second kappa shape index (κ2) is 8.22. The monoisotopic (exact) mass is 482 g/mol. The number of rotatable bonds is 2. The second-order valence-corrected chi connectivity index (χ2v) is 9.81. The maximum Gasteiger partial charge on any atom is 0.0794 e. The lowest BCUT2D eigenvalue weighted by Crippen LogP contribution is -1.93. The van der Waals surface area contributed by atoms with Gasteiger partial charge in [-0.1, -0.05) is 103 Å². The third-order valence-electron chi connectivity index (χ3n) is 7.67. The molecule has 0 fully saturated rings. The normalized spacial score (nSPS) is 11.7. The average Bonchev–Trinajstić information content (AvgIpc) is 3.00. The summed E-state index contributed by atoms with van der Waals surface area (Å²) >= 11 is 0. The van der Waals surface area contributed by atoms with Crippen LogP contribution in [0.1, 0.15) is 0 Å². The Morgan fingerprint density at radius 3 is 1.76 bits per heavy atom. The molecule has 0 bridgehead atoms. The lowest BCUT2D eigenvalue weighted by atomic mass is 9.89. The zero-order valence-corrected chi connectivity index (χ0v) is 20.6. The van der Waals surface area contributed by atoms with Crippen molar-refractivity contribution in [1.29, 1.82) is 0 Å². The molecule has 0 saturated heterocycles. The van der Waals surface area contributed by atoms with Crippen LogP contribution in [0.25, 0.3) is 76.5 Å². The smallest absolute Gasteiger partial charge is 0.0794 e. The Hall–Kier alpha value is -5.08. The van der Waals surface area contributed by atoms with E-state index in [1.54, 1.807) is 0 Å². The average molecular weight is 483 g/mol. The van der Waals surface area contributed by atoms with Crippen LogP contribution in [0, 0.1) is 0 Å². The summed E-state index contributed by atoms with van der Waals surface area (Å²) < 4.78 is 0. The van der Waals surface area contributed by atoms with Gasteiger partial charge in [0.05, 0.1) is 16.7 Å². The van der Waals surface area contributed by atoms with E-state index >= 15 is 0 Å². The van der Waals surface area contributed by atoms with Gasteiger partial charge in [0.2, 0.25) is 0 Å². The Morgan fingerprint density at radius 2 is 1.00 bits per heavy atom. The molecule has 0 aliphatic rings. The first-order chi connectivity index (χ1) is 18.8. The van der Waals surface area contributed by atoms with Crippen molar-refractivity contribution in [3.05, 3.63) is 134 Å². The zero-order valence-electron chi connectivity index (χ0n) is 20.6. The highest BCUT2D eigenvalue weighted by molar-refractivity contribution is 6.33. The van der Waals surface area contributed by atoms with Crippen molar-refractivity contribution < 1.29 is 0 Å². The Bertz CT molecular complexity index is 2180. The highest BCUT2D eigenvalue weighted by Crippen LogP contribution is 2.42. The Kier molecular flexibility index (Phi) is 4.55. The summed E-state index contributed by atoms with van der Waals surface area (Å²) in [5, 5.41) is 9.86. The highest BCUT2D eigenvalue weighted by atomic mass is 14.7. The van der Waals surface area contributed by atoms with E-state index in [9.17, 15) is 0 Å². The summed E-state index contributed by atoms with van der Waals surface area (Å²) in [7, 11) is 0.